The van der Waals surface area contributed by atoms with Gasteiger partial charge in [-0.2, -0.15) is 0 Å². The highest BCUT2D eigenvalue weighted by molar-refractivity contribution is 5.80. The first-order valence-electron chi connectivity index (χ1n) is 6.74. The second-order valence-corrected chi connectivity index (χ2v) is 4.63. The molecule has 0 radical (unpaired) electrons. The molecule has 1 aliphatic heterocycles. The van der Waals surface area contributed by atoms with Crippen molar-refractivity contribution in [3.63, 3.8) is 0 Å². The van der Waals surface area contributed by atoms with Crippen molar-refractivity contribution in [1.29, 1.82) is 0 Å². The Morgan fingerprint density at radius 3 is 2.70 bits per heavy atom. The summed E-state index contributed by atoms with van der Waals surface area (Å²) in [4.78, 5) is 25.8. The largest absolute Gasteiger partial charge is 0.480 e. The van der Waals surface area contributed by atoms with Crippen molar-refractivity contribution in [2.75, 3.05) is 52.4 Å². The fourth-order valence-electron chi connectivity index (χ4n) is 2.02. The van der Waals surface area contributed by atoms with Crippen LogP contribution in [0, 0.1) is 12.3 Å². The van der Waals surface area contributed by atoms with Gasteiger partial charge >= 0.3 is 12.0 Å². The van der Waals surface area contributed by atoms with Gasteiger partial charge in [-0.05, 0) is 13.0 Å². The van der Waals surface area contributed by atoms with Crippen LogP contribution in [0.25, 0.3) is 0 Å². The fraction of sp³-hybridized carbons (Fsp3) is 0.692. The zero-order chi connectivity index (χ0) is 14.8. The van der Waals surface area contributed by atoms with Crippen LogP contribution < -0.4 is 10.6 Å². The summed E-state index contributed by atoms with van der Waals surface area (Å²) < 4.78 is 0. The molecule has 0 aromatic carbocycles. The summed E-state index contributed by atoms with van der Waals surface area (Å²) in [7, 11) is 0. The highest BCUT2D eigenvalue weighted by Gasteiger charge is 2.15. The molecule has 0 spiro atoms. The minimum atomic E-state index is -1.07. The van der Waals surface area contributed by atoms with E-state index in [1.54, 1.807) is 0 Å². The van der Waals surface area contributed by atoms with E-state index in [4.69, 9.17) is 11.5 Å². The quantitative estimate of drug-likeness (QED) is 0.412. The average molecular weight is 282 g/mol. The summed E-state index contributed by atoms with van der Waals surface area (Å²) in [5.41, 5.74) is 0. The lowest BCUT2D eigenvalue weighted by molar-refractivity contribution is -0.137. The summed E-state index contributed by atoms with van der Waals surface area (Å²) in [6, 6.07) is -0.425. The van der Waals surface area contributed by atoms with Crippen LogP contribution >= 0.6 is 0 Å². The molecule has 0 bridgehead atoms. The Hall–Kier alpha value is -1.78. The predicted molar refractivity (Wildman–Crippen MR) is 75.4 cm³/mol. The van der Waals surface area contributed by atoms with Gasteiger partial charge in [0.2, 0.25) is 0 Å². The Bertz CT molecular complexity index is 361. The molecule has 2 amide bonds. The van der Waals surface area contributed by atoms with Gasteiger partial charge in [0.15, 0.2) is 0 Å². The van der Waals surface area contributed by atoms with E-state index in [0.717, 1.165) is 44.0 Å². The first-order valence-corrected chi connectivity index (χ1v) is 6.74. The summed E-state index contributed by atoms with van der Waals surface area (Å²) in [5.74, 6) is 1.21. The lowest BCUT2D eigenvalue weighted by atomic mass is 10.3. The molecule has 1 rings (SSSR count). The summed E-state index contributed by atoms with van der Waals surface area (Å²) in [6.07, 6.45) is 5.95. The van der Waals surface area contributed by atoms with E-state index in [9.17, 15) is 9.59 Å². The topological polar surface area (TPSA) is 84.9 Å². The SMILES string of the molecule is C#CCN(CC(=O)O)C(=O)NCCCN1CCNCC1. The number of amides is 2. The van der Waals surface area contributed by atoms with Gasteiger partial charge in [0.1, 0.15) is 6.54 Å². The lowest BCUT2D eigenvalue weighted by Gasteiger charge is -2.27. The molecular weight excluding hydrogens is 260 g/mol. The Morgan fingerprint density at radius 2 is 2.10 bits per heavy atom. The second-order valence-electron chi connectivity index (χ2n) is 4.63. The number of hydrogen-bond donors (Lipinski definition) is 3. The number of carbonyl (C=O) groups is 2. The summed E-state index contributed by atoms with van der Waals surface area (Å²) in [5, 5.41) is 14.7. The van der Waals surface area contributed by atoms with Gasteiger partial charge in [0.05, 0.1) is 6.54 Å². The molecule has 0 aromatic rings. The standard InChI is InChI=1S/C13H22N4O3/c1-2-7-17(11-12(18)19)13(20)15-4-3-8-16-9-5-14-6-10-16/h1,14H,3-11H2,(H,15,20)(H,18,19). The fourth-order valence-corrected chi connectivity index (χ4v) is 2.02. The first kappa shape index (κ1) is 16.3. The van der Waals surface area contributed by atoms with Crippen LogP contribution in [0.15, 0.2) is 0 Å². The summed E-state index contributed by atoms with van der Waals surface area (Å²) in [6.45, 7) is 5.11. The normalized spacial score (nSPS) is 15.3. The number of nitrogens with one attached hydrogen (secondary N) is 2. The number of hydrogen-bond acceptors (Lipinski definition) is 4. The molecule has 1 heterocycles. The molecule has 0 aliphatic carbocycles. The van der Waals surface area contributed by atoms with Crippen molar-refractivity contribution in [3.8, 4) is 12.3 Å². The van der Waals surface area contributed by atoms with Crippen LogP contribution in [-0.2, 0) is 4.79 Å². The van der Waals surface area contributed by atoms with Crippen molar-refractivity contribution in [3.05, 3.63) is 0 Å². The second kappa shape index (κ2) is 9.18. The zero-order valence-corrected chi connectivity index (χ0v) is 11.6. The van der Waals surface area contributed by atoms with Gasteiger partial charge in [0, 0.05) is 32.7 Å². The highest BCUT2D eigenvalue weighted by Crippen LogP contribution is 1.94. The molecule has 20 heavy (non-hydrogen) atoms. The molecule has 0 unspecified atom stereocenters. The number of carbonyl (C=O) groups excluding carboxylic acids is 1. The van der Waals surface area contributed by atoms with Gasteiger partial charge in [-0.15, -0.1) is 6.42 Å². The third-order valence-electron chi connectivity index (χ3n) is 3.03. The molecule has 112 valence electrons. The maximum absolute atomic E-state index is 11.8. The molecule has 0 saturated carbocycles. The first-order chi connectivity index (χ1) is 9.63. The van der Waals surface area contributed by atoms with Gasteiger partial charge in [-0.1, -0.05) is 5.92 Å². The highest BCUT2D eigenvalue weighted by atomic mass is 16.4. The Labute approximate surface area is 119 Å². The number of nitrogens with zero attached hydrogens (tertiary/aromatic N) is 2. The number of carboxylic acids is 1. The molecule has 1 saturated heterocycles. The Morgan fingerprint density at radius 1 is 1.40 bits per heavy atom. The lowest BCUT2D eigenvalue weighted by Crippen LogP contribution is -2.45. The van der Waals surface area contributed by atoms with E-state index in [-0.39, 0.29) is 13.1 Å². The van der Waals surface area contributed by atoms with E-state index in [1.807, 2.05) is 0 Å². The van der Waals surface area contributed by atoms with Crippen LogP contribution in [0.1, 0.15) is 6.42 Å². The molecule has 1 aliphatic rings. The van der Waals surface area contributed by atoms with E-state index < -0.39 is 12.0 Å². The third kappa shape index (κ3) is 6.41. The van der Waals surface area contributed by atoms with E-state index in [0.29, 0.717) is 6.54 Å². The van der Waals surface area contributed by atoms with Gasteiger partial charge in [-0.25, -0.2) is 4.79 Å². The molecule has 7 nitrogen and oxygen atoms in total. The Kier molecular flexibility index (Phi) is 7.47. The van der Waals surface area contributed by atoms with E-state index in [1.165, 1.54) is 0 Å². The van der Waals surface area contributed by atoms with Gasteiger partial charge in [-0.3, -0.25) is 4.79 Å². The number of terminal acetylenes is 1. The molecule has 0 atom stereocenters. The molecule has 7 heteroatoms. The van der Waals surface area contributed by atoms with Crippen LogP contribution in [0.2, 0.25) is 0 Å². The third-order valence-corrected chi connectivity index (χ3v) is 3.03. The van der Waals surface area contributed by atoms with E-state index >= 15 is 0 Å². The van der Waals surface area contributed by atoms with Crippen LogP contribution in [0.5, 0.6) is 0 Å². The molecule has 3 N–H and O–H groups in total. The van der Waals surface area contributed by atoms with Gasteiger partial charge in [0.25, 0.3) is 0 Å². The smallest absolute Gasteiger partial charge is 0.323 e. The zero-order valence-electron chi connectivity index (χ0n) is 11.6. The maximum atomic E-state index is 11.8. The van der Waals surface area contributed by atoms with Crippen molar-refractivity contribution in [1.82, 2.24) is 20.4 Å². The average Bonchev–Trinajstić information content (AvgIpc) is 2.43. The Balaban J connectivity index is 2.19. The minimum Gasteiger partial charge on any atom is -0.480 e. The van der Waals surface area contributed by atoms with Crippen LogP contribution in [0.4, 0.5) is 4.79 Å². The monoisotopic (exact) mass is 282 g/mol. The van der Waals surface area contributed by atoms with Crippen molar-refractivity contribution in [2.45, 2.75) is 6.42 Å². The van der Waals surface area contributed by atoms with Crippen LogP contribution in [0.3, 0.4) is 0 Å². The number of rotatable bonds is 7. The van der Waals surface area contributed by atoms with Gasteiger partial charge < -0.3 is 25.5 Å². The minimum absolute atomic E-state index is 0.00404. The number of urea groups is 1. The maximum Gasteiger partial charge on any atom is 0.323 e. The molecule has 0 aromatic heterocycles. The predicted octanol–water partition coefficient (Wildman–Crippen LogP) is -0.989. The van der Waals surface area contributed by atoms with Crippen molar-refractivity contribution < 1.29 is 14.7 Å². The number of piperazine rings is 1. The molecule has 1 fully saturated rings. The molecular formula is C13H22N4O3. The van der Waals surface area contributed by atoms with Crippen LogP contribution in [-0.4, -0.2) is 79.3 Å². The number of aliphatic carboxylic acids is 1. The van der Waals surface area contributed by atoms with Crippen molar-refractivity contribution >= 4 is 12.0 Å². The number of carboxylic acid groups (broad SMARTS) is 1. The van der Waals surface area contributed by atoms with E-state index in [2.05, 4.69) is 21.5 Å². The van der Waals surface area contributed by atoms with Crippen molar-refractivity contribution in [2.24, 2.45) is 0 Å². The summed E-state index contributed by atoms with van der Waals surface area (Å²) >= 11 is 0.